The molecule has 140 valence electrons. The highest BCUT2D eigenvalue weighted by atomic mass is 15.3. The number of nitrogens with one attached hydrogen (secondary N) is 1. The van der Waals surface area contributed by atoms with Crippen molar-refractivity contribution in [3.05, 3.63) is 72.9 Å². The van der Waals surface area contributed by atoms with Crippen LogP contribution in [0.1, 0.15) is 13.8 Å². The minimum atomic E-state index is 0.724. The first kappa shape index (κ1) is 17.9. The van der Waals surface area contributed by atoms with Crippen molar-refractivity contribution in [3.63, 3.8) is 0 Å². The summed E-state index contributed by atoms with van der Waals surface area (Å²) in [5.41, 5.74) is 3.82. The first-order valence-corrected chi connectivity index (χ1v) is 9.58. The highest BCUT2D eigenvalue weighted by molar-refractivity contribution is 5.91. The number of fused-ring (bicyclic) bond motifs is 1. The number of nitrogens with zero attached hydrogens (tertiary/aromatic N) is 4. The summed E-state index contributed by atoms with van der Waals surface area (Å²) in [5.74, 6) is 1.48. The minimum absolute atomic E-state index is 0.724. The summed E-state index contributed by atoms with van der Waals surface area (Å²) in [6.45, 7) is 5.93. The Bertz CT molecular complexity index is 1070. The Morgan fingerprint density at radius 1 is 0.857 bits per heavy atom. The fourth-order valence-corrected chi connectivity index (χ4v) is 3.25. The van der Waals surface area contributed by atoms with Crippen LogP contribution in [0.25, 0.3) is 22.2 Å². The molecular formula is C23H23N5. The van der Waals surface area contributed by atoms with Gasteiger partial charge in [-0.1, -0.05) is 48.5 Å². The molecule has 28 heavy (non-hydrogen) atoms. The third-order valence-electron chi connectivity index (χ3n) is 4.73. The van der Waals surface area contributed by atoms with Gasteiger partial charge < -0.3 is 10.2 Å². The Hall–Kier alpha value is -3.47. The van der Waals surface area contributed by atoms with Gasteiger partial charge in [0.05, 0.1) is 16.9 Å². The molecule has 2 aromatic heterocycles. The van der Waals surface area contributed by atoms with Gasteiger partial charge in [0.1, 0.15) is 5.82 Å². The molecule has 0 aliphatic carbocycles. The van der Waals surface area contributed by atoms with Crippen molar-refractivity contribution in [1.29, 1.82) is 0 Å². The highest BCUT2D eigenvalue weighted by Crippen LogP contribution is 2.27. The molecule has 4 rings (SSSR count). The van der Waals surface area contributed by atoms with Crippen molar-refractivity contribution in [1.82, 2.24) is 15.0 Å². The standard InChI is InChI=1S/C23H23N5/c1-3-28(4-2)23-26-20(17-10-6-5-7-11-17)16-21(27-23)25-19-14-8-12-18-13-9-15-24-22(18)19/h5-16H,3-4H2,1-2H3,(H,25,26,27). The topological polar surface area (TPSA) is 53.9 Å². The summed E-state index contributed by atoms with van der Waals surface area (Å²) in [7, 11) is 0. The Kier molecular flexibility index (Phi) is 5.15. The van der Waals surface area contributed by atoms with Crippen LogP contribution >= 0.6 is 0 Å². The normalized spacial score (nSPS) is 10.8. The predicted octanol–water partition coefficient (Wildman–Crippen LogP) is 5.28. The number of hydrogen-bond acceptors (Lipinski definition) is 5. The molecular weight excluding hydrogens is 346 g/mol. The summed E-state index contributed by atoms with van der Waals surface area (Å²) in [6.07, 6.45) is 1.81. The molecule has 0 fully saturated rings. The molecule has 0 radical (unpaired) electrons. The van der Waals surface area contributed by atoms with Gasteiger partial charge in [-0.25, -0.2) is 4.98 Å². The zero-order valence-electron chi connectivity index (χ0n) is 16.1. The lowest BCUT2D eigenvalue weighted by Crippen LogP contribution is -2.24. The third-order valence-corrected chi connectivity index (χ3v) is 4.73. The van der Waals surface area contributed by atoms with Gasteiger partial charge in [0.2, 0.25) is 5.95 Å². The number of pyridine rings is 1. The van der Waals surface area contributed by atoms with E-state index in [4.69, 9.17) is 9.97 Å². The zero-order valence-corrected chi connectivity index (χ0v) is 16.1. The number of aromatic nitrogens is 3. The molecule has 0 atom stereocenters. The molecule has 0 unspecified atom stereocenters. The van der Waals surface area contributed by atoms with Crippen molar-refractivity contribution in [3.8, 4) is 11.3 Å². The molecule has 0 aliphatic heterocycles. The Labute approximate surface area is 165 Å². The van der Waals surface area contributed by atoms with Crippen molar-refractivity contribution in [2.24, 2.45) is 0 Å². The maximum absolute atomic E-state index is 4.81. The van der Waals surface area contributed by atoms with Gasteiger partial charge in [-0.05, 0) is 26.0 Å². The van der Waals surface area contributed by atoms with E-state index in [1.165, 1.54) is 0 Å². The van der Waals surface area contributed by atoms with Gasteiger partial charge >= 0.3 is 0 Å². The molecule has 5 heteroatoms. The fourth-order valence-electron chi connectivity index (χ4n) is 3.25. The largest absolute Gasteiger partial charge is 0.341 e. The van der Waals surface area contributed by atoms with Crippen molar-refractivity contribution < 1.29 is 0 Å². The second kappa shape index (κ2) is 8.05. The van der Waals surface area contributed by atoms with Crippen molar-refractivity contribution in [2.45, 2.75) is 13.8 Å². The predicted molar refractivity (Wildman–Crippen MR) is 116 cm³/mol. The smallest absolute Gasteiger partial charge is 0.227 e. The van der Waals surface area contributed by atoms with Gasteiger partial charge in [0, 0.05) is 36.3 Å². The van der Waals surface area contributed by atoms with Crippen LogP contribution < -0.4 is 10.2 Å². The van der Waals surface area contributed by atoms with E-state index < -0.39 is 0 Å². The van der Waals surface area contributed by atoms with Gasteiger partial charge in [-0.3, -0.25) is 4.98 Å². The minimum Gasteiger partial charge on any atom is -0.341 e. The summed E-state index contributed by atoms with van der Waals surface area (Å²) < 4.78 is 0. The lowest BCUT2D eigenvalue weighted by atomic mass is 10.1. The van der Waals surface area contributed by atoms with Crippen LogP contribution in [0, 0.1) is 0 Å². The number of hydrogen-bond donors (Lipinski definition) is 1. The van der Waals surface area contributed by atoms with Gasteiger partial charge in [0.25, 0.3) is 0 Å². The lowest BCUT2D eigenvalue weighted by molar-refractivity contribution is 0.823. The van der Waals surface area contributed by atoms with Crippen LogP contribution in [-0.4, -0.2) is 28.0 Å². The molecule has 2 heterocycles. The van der Waals surface area contributed by atoms with Crippen LogP contribution in [0.4, 0.5) is 17.5 Å². The van der Waals surface area contributed by atoms with E-state index in [2.05, 4.69) is 53.3 Å². The van der Waals surface area contributed by atoms with Crippen LogP contribution in [0.5, 0.6) is 0 Å². The van der Waals surface area contributed by atoms with E-state index in [9.17, 15) is 0 Å². The summed E-state index contributed by atoms with van der Waals surface area (Å²) in [5, 5.41) is 4.55. The molecule has 0 bridgehead atoms. The first-order valence-electron chi connectivity index (χ1n) is 9.58. The first-order chi connectivity index (χ1) is 13.8. The molecule has 4 aromatic rings. The molecule has 5 nitrogen and oxygen atoms in total. The quantitative estimate of drug-likeness (QED) is 0.501. The number of benzene rings is 2. The zero-order chi connectivity index (χ0) is 19.3. The number of rotatable bonds is 6. The maximum Gasteiger partial charge on any atom is 0.227 e. The second-order valence-electron chi connectivity index (χ2n) is 6.48. The molecule has 0 aliphatic rings. The Balaban J connectivity index is 1.80. The van der Waals surface area contributed by atoms with E-state index in [1.54, 1.807) is 0 Å². The van der Waals surface area contributed by atoms with E-state index in [0.717, 1.165) is 52.7 Å². The number of anilines is 3. The monoisotopic (exact) mass is 369 g/mol. The van der Waals surface area contributed by atoms with Crippen LogP contribution in [0.2, 0.25) is 0 Å². The van der Waals surface area contributed by atoms with Crippen LogP contribution in [-0.2, 0) is 0 Å². The lowest BCUT2D eigenvalue weighted by Gasteiger charge is -2.20. The van der Waals surface area contributed by atoms with Gasteiger partial charge in [-0.15, -0.1) is 0 Å². The second-order valence-corrected chi connectivity index (χ2v) is 6.48. The highest BCUT2D eigenvalue weighted by Gasteiger charge is 2.12. The summed E-state index contributed by atoms with van der Waals surface area (Å²) in [4.78, 5) is 16.3. The van der Waals surface area contributed by atoms with E-state index in [0.29, 0.717) is 0 Å². The average Bonchev–Trinajstić information content (AvgIpc) is 2.75. The Morgan fingerprint density at radius 3 is 2.43 bits per heavy atom. The molecule has 1 N–H and O–H groups in total. The van der Waals surface area contributed by atoms with E-state index in [-0.39, 0.29) is 0 Å². The molecule has 0 amide bonds. The summed E-state index contributed by atoms with van der Waals surface area (Å²) in [6, 6.07) is 22.3. The molecule has 2 aromatic carbocycles. The van der Waals surface area contributed by atoms with Crippen LogP contribution in [0.15, 0.2) is 72.9 Å². The van der Waals surface area contributed by atoms with Gasteiger partial charge in [-0.2, -0.15) is 4.98 Å². The molecule has 0 saturated heterocycles. The third kappa shape index (κ3) is 3.64. The average molecular weight is 369 g/mol. The Morgan fingerprint density at radius 2 is 1.64 bits per heavy atom. The number of para-hydroxylation sites is 1. The van der Waals surface area contributed by atoms with Gasteiger partial charge in [0.15, 0.2) is 0 Å². The molecule has 0 saturated carbocycles. The fraction of sp³-hybridized carbons (Fsp3) is 0.174. The van der Waals surface area contributed by atoms with Crippen molar-refractivity contribution >= 4 is 28.4 Å². The SMILES string of the molecule is CCN(CC)c1nc(Nc2cccc3cccnc23)cc(-c2ccccc2)n1. The summed E-state index contributed by atoms with van der Waals surface area (Å²) >= 11 is 0. The van der Waals surface area contributed by atoms with Crippen LogP contribution in [0.3, 0.4) is 0 Å². The maximum atomic E-state index is 4.81. The van der Waals surface area contributed by atoms with E-state index in [1.807, 2.05) is 48.7 Å². The molecule has 0 spiro atoms. The van der Waals surface area contributed by atoms with Crippen molar-refractivity contribution in [2.75, 3.05) is 23.3 Å². The van der Waals surface area contributed by atoms with E-state index >= 15 is 0 Å².